The number of rotatable bonds is 11. The zero-order chi connectivity index (χ0) is 38.2. The van der Waals surface area contributed by atoms with Crippen LogP contribution in [0.15, 0.2) is 118 Å². The maximum Gasteiger partial charge on any atom is 0.455 e. The van der Waals surface area contributed by atoms with Crippen LogP contribution in [0.1, 0.15) is 57.4 Å². The maximum absolute atomic E-state index is 14.3. The number of imide groups is 1. The first-order valence-electron chi connectivity index (χ1n) is 18.7. The zero-order valence-corrected chi connectivity index (χ0v) is 34.6. The molecule has 7 rings (SSSR count). The van der Waals surface area contributed by atoms with E-state index in [1.54, 1.807) is 12.1 Å². The van der Waals surface area contributed by atoms with Gasteiger partial charge in [-0.2, -0.15) is 0 Å². The van der Waals surface area contributed by atoms with E-state index in [0.717, 1.165) is 36.4 Å². The molecule has 2 fully saturated rings. The monoisotopic (exact) mass is 823 g/mol. The number of fused-ring (bicyclic) bond motifs is 3. The number of hydrogen-bond acceptors (Lipinski definition) is 7. The summed E-state index contributed by atoms with van der Waals surface area (Å²) in [5.74, 6) is -1.58. The van der Waals surface area contributed by atoms with E-state index in [9.17, 15) is 19.7 Å². The minimum Gasteiger partial charge on any atom is -0.507 e. The van der Waals surface area contributed by atoms with Crippen molar-refractivity contribution in [3.05, 3.63) is 128 Å². The first-order chi connectivity index (χ1) is 25.9. The Morgan fingerprint density at radius 2 is 1.69 bits per heavy atom. The molecule has 1 aliphatic carbocycles. The van der Waals surface area contributed by atoms with Gasteiger partial charge in [0.1, 0.15) is 5.75 Å². The number of hydrogen-bond donors (Lipinski definition) is 2. The largest absolute Gasteiger partial charge is 0.507 e. The van der Waals surface area contributed by atoms with Crippen molar-refractivity contribution >= 4 is 71.0 Å². The number of benzene rings is 3. The van der Waals surface area contributed by atoms with Crippen LogP contribution in [0.2, 0.25) is 11.4 Å². The Hall–Kier alpha value is -3.58. The summed E-state index contributed by atoms with van der Waals surface area (Å²) in [6.07, 6.45) is 3.32. The minimum atomic E-state index is -2.96. The third-order valence-electron chi connectivity index (χ3n) is 11.4. The van der Waals surface area contributed by atoms with E-state index in [2.05, 4.69) is 85.2 Å². The van der Waals surface area contributed by atoms with E-state index in [4.69, 9.17) is 9.08 Å². The van der Waals surface area contributed by atoms with Gasteiger partial charge in [0.05, 0.1) is 31.1 Å². The number of carbonyl (C=O) groups excluding carboxylic acids is 2. The lowest BCUT2D eigenvalue weighted by molar-refractivity contribution is -0.140. The van der Waals surface area contributed by atoms with Gasteiger partial charge in [-0.3, -0.25) is 14.5 Å². The van der Waals surface area contributed by atoms with Crippen molar-refractivity contribution < 1.29 is 28.8 Å². The molecule has 3 aliphatic rings. The molecule has 54 heavy (non-hydrogen) atoms. The molecule has 0 saturated carbocycles. The molecule has 0 bridgehead atoms. The summed E-state index contributed by atoms with van der Waals surface area (Å²) in [5.41, 5.74) is 3.75. The number of likely N-dealkylation sites (tertiary alicyclic amines) is 1. The second kappa shape index (κ2) is 15.9. The van der Waals surface area contributed by atoms with Crippen LogP contribution >= 0.6 is 27.3 Å². The van der Waals surface area contributed by atoms with Gasteiger partial charge in [0.25, 0.3) is 8.32 Å². The van der Waals surface area contributed by atoms with Crippen LogP contribution in [0.25, 0.3) is 6.08 Å². The van der Waals surface area contributed by atoms with Gasteiger partial charge in [-0.25, -0.2) is 0 Å². The van der Waals surface area contributed by atoms with Crippen molar-refractivity contribution in [3.63, 3.8) is 0 Å². The Kier molecular flexibility index (Phi) is 11.4. The van der Waals surface area contributed by atoms with Crippen LogP contribution in [0.3, 0.4) is 0 Å². The molecule has 2 amide bonds. The summed E-state index contributed by atoms with van der Waals surface area (Å²) in [7, 11) is -4.03. The van der Waals surface area contributed by atoms with E-state index in [1.807, 2.05) is 48.7 Å². The molecule has 0 spiro atoms. The summed E-state index contributed by atoms with van der Waals surface area (Å²) >= 11 is 5.04. The van der Waals surface area contributed by atoms with Crippen LogP contribution < -0.4 is 10.4 Å². The van der Waals surface area contributed by atoms with Crippen molar-refractivity contribution in [1.29, 1.82) is 0 Å². The van der Waals surface area contributed by atoms with E-state index in [1.165, 1.54) is 16.2 Å². The number of allylic oxidation sites excluding steroid dienone is 1. The van der Waals surface area contributed by atoms with Gasteiger partial charge < -0.3 is 19.2 Å². The third-order valence-corrected chi connectivity index (χ3v) is 17.7. The molecule has 1 aromatic heterocycles. The predicted octanol–water partition coefficient (Wildman–Crippen LogP) is 7.97. The number of phenols is 1. The molecule has 7 nitrogen and oxygen atoms in total. The highest BCUT2D eigenvalue weighted by Gasteiger charge is 2.58. The molecule has 3 aromatic carbocycles. The van der Waals surface area contributed by atoms with E-state index < -0.39 is 33.4 Å². The molecule has 280 valence electrons. The number of carbonyl (C=O) groups is 2. The summed E-state index contributed by atoms with van der Waals surface area (Å²) in [6, 6.07) is 30.3. The van der Waals surface area contributed by atoms with Crippen molar-refractivity contribution in [2.75, 3.05) is 6.61 Å². The highest BCUT2D eigenvalue weighted by atomic mass is 79.9. The molecule has 2 N–H and O–H groups in total. The average molecular weight is 825 g/mol. The first-order valence-corrected chi connectivity index (χ1v) is 22.3. The van der Waals surface area contributed by atoms with Gasteiger partial charge in [-0.15, -0.1) is 11.3 Å². The number of phenolic OH excluding ortho intramolecular Hbond substituents is 1. The summed E-state index contributed by atoms with van der Waals surface area (Å²) in [5, 5.41) is 25.8. The molecular weight excluding hydrogens is 777 g/mol. The lowest BCUT2D eigenvalue weighted by Gasteiger charge is -2.46. The van der Waals surface area contributed by atoms with Gasteiger partial charge in [0.15, 0.2) is 0 Å². The number of nitrogens with zero attached hydrogens (tertiary/aromatic N) is 1. The fraction of sp³-hybridized carbons (Fsp3) is 0.349. The SMILES string of the molecule is C/C(=C\c1cc(Br)ccc1O)CC[C@H]1OB(O)C[C@H]2C1=C(CO[Si](c1ccccc1)(c1ccccc1)C(C)(C)C)C[C@H]1C(=O)N(Cc3cccs3)C(=O)[C@H]12. The molecule has 11 heteroatoms. The molecule has 3 heterocycles. The van der Waals surface area contributed by atoms with Gasteiger partial charge in [-0.05, 0) is 94.6 Å². The lowest BCUT2D eigenvalue weighted by Crippen LogP contribution is -2.66. The van der Waals surface area contributed by atoms with Crippen LogP contribution in [0, 0.1) is 17.8 Å². The van der Waals surface area contributed by atoms with E-state index in [-0.39, 0.29) is 48.0 Å². The third kappa shape index (κ3) is 7.51. The van der Waals surface area contributed by atoms with Crippen LogP contribution in [0.4, 0.5) is 0 Å². The van der Waals surface area contributed by atoms with Crippen molar-refractivity contribution in [2.45, 2.75) is 71.0 Å². The normalized spacial score (nSPS) is 22.1. The molecule has 2 aliphatic heterocycles. The fourth-order valence-electron chi connectivity index (χ4n) is 8.97. The Labute approximate surface area is 332 Å². The van der Waals surface area contributed by atoms with E-state index in [0.29, 0.717) is 24.8 Å². The molecule has 4 atom stereocenters. The van der Waals surface area contributed by atoms with Gasteiger partial charge in [-0.1, -0.05) is 115 Å². The Balaban J connectivity index is 1.29. The lowest BCUT2D eigenvalue weighted by atomic mass is 9.58. The average Bonchev–Trinajstić information content (AvgIpc) is 3.75. The van der Waals surface area contributed by atoms with Crippen LogP contribution in [-0.2, 0) is 25.2 Å². The zero-order valence-electron chi connectivity index (χ0n) is 31.2. The molecule has 2 saturated heterocycles. The number of aromatic hydroxyl groups is 1. The summed E-state index contributed by atoms with van der Waals surface area (Å²) < 4.78 is 14.7. The van der Waals surface area contributed by atoms with Gasteiger partial charge in [0, 0.05) is 14.9 Å². The number of thiophene rings is 1. The first kappa shape index (κ1) is 38.7. The summed E-state index contributed by atoms with van der Waals surface area (Å²) in [4.78, 5) is 30.9. The van der Waals surface area contributed by atoms with Crippen molar-refractivity contribution in [2.24, 2.45) is 17.8 Å². The van der Waals surface area contributed by atoms with Crippen molar-refractivity contribution in [3.8, 4) is 5.75 Å². The second-order valence-corrected chi connectivity index (χ2v) is 22.1. The standard InChI is InChI=1S/C43H47BBrNO6SSi/c1-28(22-29-23-31(45)18-19-37(29)47)17-20-38-39-30(27-51-54(43(2,3)4,33-13-7-5-8-14-33)34-15-9-6-10-16-34)24-35-40(36(39)25-44(50)52-38)42(49)46(41(35)48)26-32-12-11-21-53-32/h5-16,18-19,21-23,35-36,38,40,47,50H,17,20,24-27H2,1-4H3/b28-22+/t35-,36+,38-,40-/m1/s1. The van der Waals surface area contributed by atoms with Gasteiger partial charge in [0.2, 0.25) is 11.8 Å². The smallest absolute Gasteiger partial charge is 0.455 e. The molecule has 4 aromatic rings. The number of amides is 2. The molecular formula is C43H47BBrNO6SSi. The highest BCUT2D eigenvalue weighted by Crippen LogP contribution is 2.51. The second-order valence-electron chi connectivity index (χ2n) is 15.8. The van der Waals surface area contributed by atoms with E-state index >= 15 is 0 Å². The fourth-order valence-corrected chi connectivity index (χ4v) is 14.6. The maximum atomic E-state index is 14.3. The van der Waals surface area contributed by atoms with Crippen molar-refractivity contribution in [1.82, 2.24) is 4.90 Å². The Morgan fingerprint density at radius 3 is 2.31 bits per heavy atom. The predicted molar refractivity (Wildman–Crippen MR) is 222 cm³/mol. The topological polar surface area (TPSA) is 96.3 Å². The number of halogens is 1. The molecule has 0 unspecified atom stereocenters. The molecule has 0 radical (unpaired) electrons. The van der Waals surface area contributed by atoms with Gasteiger partial charge >= 0.3 is 7.12 Å². The quantitative estimate of drug-likeness (QED) is 0.0906. The Bertz CT molecular complexity index is 2010. The van der Waals surface area contributed by atoms with Crippen LogP contribution in [-0.4, -0.2) is 55.0 Å². The minimum absolute atomic E-state index is 0.148. The Morgan fingerprint density at radius 1 is 1.00 bits per heavy atom. The highest BCUT2D eigenvalue weighted by molar-refractivity contribution is 9.10. The van der Waals surface area contributed by atoms with Crippen LogP contribution in [0.5, 0.6) is 5.75 Å². The summed E-state index contributed by atoms with van der Waals surface area (Å²) in [6.45, 7) is 9.31.